The van der Waals surface area contributed by atoms with E-state index in [9.17, 15) is 9.59 Å². The van der Waals surface area contributed by atoms with Crippen LogP contribution in [-0.4, -0.2) is 11.8 Å². The Labute approximate surface area is 117 Å². The zero-order valence-corrected chi connectivity index (χ0v) is 11.2. The van der Waals surface area contributed by atoms with Crippen molar-refractivity contribution in [1.82, 2.24) is 0 Å². The second kappa shape index (κ2) is 6.52. The topological polar surface area (TPSA) is 58.2 Å². The number of amides is 2. The Morgan fingerprint density at radius 3 is 1.95 bits per heavy atom. The van der Waals surface area contributed by atoms with Crippen molar-refractivity contribution in [3.63, 3.8) is 0 Å². The lowest BCUT2D eigenvalue weighted by atomic mass is 10.1. The summed E-state index contributed by atoms with van der Waals surface area (Å²) < 4.78 is 0. The molecular weight excluding hydrogens is 252 g/mol. The van der Waals surface area contributed by atoms with E-state index in [1.165, 1.54) is 6.92 Å². The minimum absolute atomic E-state index is 0.0662. The van der Waals surface area contributed by atoms with E-state index in [4.69, 9.17) is 0 Å². The maximum absolute atomic E-state index is 11.9. The lowest BCUT2D eigenvalue weighted by molar-refractivity contribution is -0.116. The fourth-order valence-corrected chi connectivity index (χ4v) is 1.83. The van der Waals surface area contributed by atoms with Crippen LogP contribution in [0.15, 0.2) is 54.6 Å². The Hall–Kier alpha value is -2.62. The van der Waals surface area contributed by atoms with Crippen molar-refractivity contribution in [1.29, 1.82) is 0 Å². The Morgan fingerprint density at radius 1 is 0.850 bits per heavy atom. The molecule has 0 unspecified atom stereocenters. The Morgan fingerprint density at radius 2 is 1.40 bits per heavy atom. The SMILES string of the molecule is CC(=O)Nc1ccc(NC(=O)Cc2ccccc2)cc1. The first kappa shape index (κ1) is 13.8. The van der Waals surface area contributed by atoms with Gasteiger partial charge in [-0.05, 0) is 29.8 Å². The Bertz CT molecular complexity index is 592. The first-order chi connectivity index (χ1) is 9.63. The van der Waals surface area contributed by atoms with Gasteiger partial charge in [-0.15, -0.1) is 0 Å². The van der Waals surface area contributed by atoms with Gasteiger partial charge in [0.25, 0.3) is 0 Å². The number of anilines is 2. The predicted molar refractivity (Wildman–Crippen MR) is 79.5 cm³/mol. The molecule has 2 amide bonds. The minimum Gasteiger partial charge on any atom is -0.326 e. The average molecular weight is 268 g/mol. The van der Waals surface area contributed by atoms with Gasteiger partial charge in [0.2, 0.25) is 11.8 Å². The summed E-state index contributed by atoms with van der Waals surface area (Å²) in [7, 11) is 0. The predicted octanol–water partition coefficient (Wildman–Crippen LogP) is 2.83. The van der Waals surface area contributed by atoms with Gasteiger partial charge in [-0.1, -0.05) is 30.3 Å². The molecule has 0 aromatic heterocycles. The molecule has 4 nitrogen and oxygen atoms in total. The molecule has 0 bridgehead atoms. The van der Waals surface area contributed by atoms with Gasteiger partial charge in [-0.2, -0.15) is 0 Å². The third-order valence-electron chi connectivity index (χ3n) is 2.70. The highest BCUT2D eigenvalue weighted by Crippen LogP contribution is 2.14. The fraction of sp³-hybridized carbons (Fsp3) is 0.125. The molecule has 2 aromatic carbocycles. The lowest BCUT2D eigenvalue weighted by Crippen LogP contribution is -2.14. The highest BCUT2D eigenvalue weighted by molar-refractivity contribution is 5.93. The van der Waals surface area contributed by atoms with Crippen LogP contribution in [0.25, 0.3) is 0 Å². The number of benzene rings is 2. The monoisotopic (exact) mass is 268 g/mol. The van der Waals surface area contributed by atoms with Crippen LogP contribution >= 0.6 is 0 Å². The number of nitrogens with one attached hydrogen (secondary N) is 2. The van der Waals surface area contributed by atoms with Crippen LogP contribution < -0.4 is 10.6 Å². The Kier molecular flexibility index (Phi) is 4.50. The zero-order valence-electron chi connectivity index (χ0n) is 11.2. The van der Waals surface area contributed by atoms with Crippen molar-refractivity contribution < 1.29 is 9.59 Å². The summed E-state index contributed by atoms with van der Waals surface area (Å²) >= 11 is 0. The molecule has 0 spiro atoms. The molecule has 0 atom stereocenters. The first-order valence-corrected chi connectivity index (χ1v) is 6.35. The highest BCUT2D eigenvalue weighted by Gasteiger charge is 2.04. The summed E-state index contributed by atoms with van der Waals surface area (Å²) in [5, 5.41) is 5.49. The summed E-state index contributed by atoms with van der Waals surface area (Å²) in [5.74, 6) is -0.186. The fourth-order valence-electron chi connectivity index (χ4n) is 1.83. The van der Waals surface area contributed by atoms with Gasteiger partial charge in [0.1, 0.15) is 0 Å². The van der Waals surface area contributed by atoms with Crippen LogP contribution in [0.2, 0.25) is 0 Å². The molecule has 2 N–H and O–H groups in total. The molecule has 0 aliphatic carbocycles. The molecule has 0 aliphatic rings. The molecule has 20 heavy (non-hydrogen) atoms. The molecule has 0 saturated carbocycles. The number of carbonyl (C=O) groups excluding carboxylic acids is 2. The van der Waals surface area contributed by atoms with Gasteiger partial charge >= 0.3 is 0 Å². The van der Waals surface area contributed by atoms with Crippen molar-refractivity contribution in [2.45, 2.75) is 13.3 Å². The van der Waals surface area contributed by atoms with E-state index in [1.54, 1.807) is 24.3 Å². The molecule has 4 heteroatoms. The third-order valence-corrected chi connectivity index (χ3v) is 2.70. The third kappa shape index (κ3) is 4.24. The first-order valence-electron chi connectivity index (χ1n) is 6.35. The quantitative estimate of drug-likeness (QED) is 0.895. The normalized spacial score (nSPS) is 9.85. The van der Waals surface area contributed by atoms with Gasteiger partial charge in [0.05, 0.1) is 6.42 Å². The molecule has 0 aliphatic heterocycles. The summed E-state index contributed by atoms with van der Waals surface area (Å²) in [4.78, 5) is 22.8. The van der Waals surface area contributed by atoms with Crippen molar-refractivity contribution in [2.24, 2.45) is 0 Å². The minimum atomic E-state index is -0.120. The van der Waals surface area contributed by atoms with Crippen LogP contribution in [0, 0.1) is 0 Å². The van der Waals surface area contributed by atoms with Crippen LogP contribution in [-0.2, 0) is 16.0 Å². The molecule has 2 rings (SSSR count). The van der Waals surface area contributed by atoms with Gasteiger partial charge < -0.3 is 10.6 Å². The zero-order chi connectivity index (χ0) is 14.4. The van der Waals surface area contributed by atoms with Crippen LogP contribution in [0.1, 0.15) is 12.5 Å². The second-order valence-electron chi connectivity index (χ2n) is 4.47. The van der Waals surface area contributed by atoms with E-state index < -0.39 is 0 Å². The van der Waals surface area contributed by atoms with Crippen LogP contribution in [0.4, 0.5) is 11.4 Å². The van der Waals surface area contributed by atoms with E-state index in [0.29, 0.717) is 17.8 Å². The lowest BCUT2D eigenvalue weighted by Gasteiger charge is -2.07. The second-order valence-corrected chi connectivity index (χ2v) is 4.47. The molecule has 102 valence electrons. The number of carbonyl (C=O) groups is 2. The van der Waals surface area contributed by atoms with Crippen LogP contribution in [0.5, 0.6) is 0 Å². The van der Waals surface area contributed by atoms with Crippen molar-refractivity contribution >= 4 is 23.2 Å². The van der Waals surface area contributed by atoms with E-state index in [2.05, 4.69) is 10.6 Å². The van der Waals surface area contributed by atoms with Crippen LogP contribution in [0.3, 0.4) is 0 Å². The largest absolute Gasteiger partial charge is 0.326 e. The molecular formula is C16H16N2O2. The average Bonchev–Trinajstić information content (AvgIpc) is 2.41. The Balaban J connectivity index is 1.93. The number of hydrogen-bond donors (Lipinski definition) is 2. The molecule has 0 fully saturated rings. The maximum atomic E-state index is 11.9. The van der Waals surface area contributed by atoms with Gasteiger partial charge in [-0.25, -0.2) is 0 Å². The van der Waals surface area contributed by atoms with Gasteiger partial charge in [0, 0.05) is 18.3 Å². The number of rotatable bonds is 4. The summed E-state index contributed by atoms with van der Waals surface area (Å²) in [5.41, 5.74) is 2.39. The smallest absolute Gasteiger partial charge is 0.228 e. The molecule has 0 heterocycles. The maximum Gasteiger partial charge on any atom is 0.228 e. The van der Waals surface area contributed by atoms with E-state index >= 15 is 0 Å². The summed E-state index contributed by atoms with van der Waals surface area (Å²) in [6.45, 7) is 1.45. The van der Waals surface area contributed by atoms with Gasteiger partial charge in [-0.3, -0.25) is 9.59 Å². The van der Waals surface area contributed by atoms with E-state index in [0.717, 1.165) is 5.56 Å². The van der Waals surface area contributed by atoms with E-state index in [-0.39, 0.29) is 11.8 Å². The van der Waals surface area contributed by atoms with Crippen molar-refractivity contribution in [3.05, 3.63) is 60.2 Å². The van der Waals surface area contributed by atoms with Crippen molar-refractivity contribution in [3.8, 4) is 0 Å². The van der Waals surface area contributed by atoms with E-state index in [1.807, 2.05) is 30.3 Å². The van der Waals surface area contributed by atoms with Gasteiger partial charge in [0.15, 0.2) is 0 Å². The molecule has 0 saturated heterocycles. The summed E-state index contributed by atoms with van der Waals surface area (Å²) in [6, 6.07) is 16.6. The highest BCUT2D eigenvalue weighted by atomic mass is 16.2. The molecule has 0 radical (unpaired) electrons. The van der Waals surface area contributed by atoms with Crippen molar-refractivity contribution in [2.75, 3.05) is 10.6 Å². The summed E-state index contributed by atoms with van der Waals surface area (Å²) in [6.07, 6.45) is 0.342. The number of hydrogen-bond acceptors (Lipinski definition) is 2. The standard InChI is InChI=1S/C16H16N2O2/c1-12(19)17-14-7-9-15(10-8-14)18-16(20)11-13-5-3-2-4-6-13/h2-10H,11H2,1H3,(H,17,19)(H,18,20). The molecule has 2 aromatic rings.